The largest absolute Gasteiger partial charge is 0.368 e. The molecule has 184 valence electrons. The number of nitriles is 1. The molecule has 0 unspecified atom stereocenters. The number of hydrogen-bond acceptors (Lipinski definition) is 6. The molecule has 2 N–H and O–H groups in total. The first kappa shape index (κ1) is 24.7. The third kappa shape index (κ3) is 5.18. The van der Waals surface area contributed by atoms with Crippen LogP contribution in [-0.4, -0.2) is 46.6 Å². The molecule has 3 heterocycles. The maximum Gasteiger partial charge on any atom is 0.253 e. The van der Waals surface area contributed by atoms with Gasteiger partial charge in [-0.05, 0) is 77.3 Å². The summed E-state index contributed by atoms with van der Waals surface area (Å²) in [7, 11) is 0. The number of H-pyrrole nitrogens is 1. The summed E-state index contributed by atoms with van der Waals surface area (Å²) >= 11 is 0. The third-order valence-corrected chi connectivity index (χ3v) is 7.23. The predicted molar refractivity (Wildman–Crippen MR) is 143 cm³/mol. The second-order valence-electron chi connectivity index (χ2n) is 9.81. The molecule has 0 spiro atoms. The molecule has 1 aliphatic heterocycles. The first-order valence-electron chi connectivity index (χ1n) is 12.6. The van der Waals surface area contributed by atoms with Crippen LogP contribution in [0.25, 0.3) is 10.8 Å². The van der Waals surface area contributed by atoms with E-state index in [9.17, 15) is 10.1 Å². The van der Waals surface area contributed by atoms with Gasteiger partial charge in [0.05, 0.1) is 11.6 Å². The maximum absolute atomic E-state index is 12.5. The molecule has 1 aliphatic rings. The van der Waals surface area contributed by atoms with Gasteiger partial charge in [0.2, 0.25) is 0 Å². The van der Waals surface area contributed by atoms with Crippen LogP contribution in [-0.2, 0) is 6.54 Å². The third-order valence-electron chi connectivity index (χ3n) is 7.23. The van der Waals surface area contributed by atoms with Crippen molar-refractivity contribution in [3.05, 3.63) is 63.2 Å². The molecule has 1 saturated heterocycles. The number of rotatable bonds is 7. The van der Waals surface area contributed by atoms with E-state index < -0.39 is 0 Å². The molecular weight excluding hydrogens is 436 g/mol. The van der Waals surface area contributed by atoms with Gasteiger partial charge in [-0.3, -0.25) is 4.79 Å². The molecule has 4 rings (SSSR count). The Labute approximate surface area is 207 Å². The summed E-state index contributed by atoms with van der Waals surface area (Å²) in [4.78, 5) is 25.0. The Kier molecular flexibility index (Phi) is 7.42. The molecule has 7 nitrogen and oxygen atoms in total. The zero-order valence-electron chi connectivity index (χ0n) is 21.5. The van der Waals surface area contributed by atoms with Gasteiger partial charge in [0.25, 0.3) is 5.56 Å². The Morgan fingerprint density at radius 3 is 2.60 bits per heavy atom. The van der Waals surface area contributed by atoms with Crippen LogP contribution >= 0.6 is 0 Å². The molecule has 0 atom stereocenters. The van der Waals surface area contributed by atoms with Gasteiger partial charge in [-0.15, -0.1) is 0 Å². The minimum Gasteiger partial charge on any atom is -0.368 e. The number of nitrogens with zero attached hydrogens (tertiary/aromatic N) is 4. The van der Waals surface area contributed by atoms with Crippen LogP contribution in [0.15, 0.2) is 35.3 Å². The molecular formula is C28H36N6O. The van der Waals surface area contributed by atoms with E-state index in [0.717, 1.165) is 60.2 Å². The van der Waals surface area contributed by atoms with Crippen molar-refractivity contribution in [1.82, 2.24) is 14.9 Å². The molecule has 0 radical (unpaired) electrons. The quantitative estimate of drug-likeness (QED) is 0.517. The monoisotopic (exact) mass is 472 g/mol. The first-order valence-corrected chi connectivity index (χ1v) is 12.6. The summed E-state index contributed by atoms with van der Waals surface area (Å²) in [6.45, 7) is 14.0. The summed E-state index contributed by atoms with van der Waals surface area (Å²) in [5.74, 6) is 0.686. The van der Waals surface area contributed by atoms with Gasteiger partial charge >= 0.3 is 0 Å². The number of likely N-dealkylation sites (tertiary alicyclic amines) is 1. The SMILES string of the molecule is CCN(c1cc(C#N)cc2c(NCc3c(C)cc(C)[nH]c3=O)nccc12)C1CCN(C(C)C)CC1. The van der Waals surface area contributed by atoms with Crippen LogP contribution in [0.4, 0.5) is 11.5 Å². The van der Waals surface area contributed by atoms with Gasteiger partial charge in [-0.25, -0.2) is 4.98 Å². The lowest BCUT2D eigenvalue weighted by Crippen LogP contribution is -2.47. The minimum absolute atomic E-state index is 0.0847. The lowest BCUT2D eigenvalue weighted by molar-refractivity contribution is 0.170. The fraction of sp³-hybridized carbons (Fsp3) is 0.464. The van der Waals surface area contributed by atoms with E-state index in [1.807, 2.05) is 44.3 Å². The van der Waals surface area contributed by atoms with Crippen molar-refractivity contribution in [2.75, 3.05) is 29.9 Å². The number of anilines is 2. The molecule has 1 fully saturated rings. The highest BCUT2D eigenvalue weighted by Gasteiger charge is 2.26. The van der Waals surface area contributed by atoms with Crippen LogP contribution in [0.3, 0.4) is 0 Å². The van der Waals surface area contributed by atoms with Gasteiger partial charge < -0.3 is 20.1 Å². The van der Waals surface area contributed by atoms with Gasteiger partial charge in [0, 0.05) is 72.2 Å². The maximum atomic E-state index is 12.5. The van der Waals surface area contributed by atoms with Crippen LogP contribution in [0.5, 0.6) is 0 Å². The minimum atomic E-state index is -0.0847. The first-order chi connectivity index (χ1) is 16.8. The Bertz CT molecular complexity index is 1300. The summed E-state index contributed by atoms with van der Waals surface area (Å²) in [5.41, 5.74) is 4.10. The molecule has 0 aliphatic carbocycles. The standard InChI is InChI=1S/C28H36N6O/c1-6-34(22-8-11-33(12-9-22)18(2)3)26-15-21(16-29)14-24-23(26)7-10-30-27(24)31-17-25-19(4)13-20(5)32-28(25)35/h7,10,13-15,18,22H,6,8-9,11-12,17H2,1-5H3,(H,30,31)(H,32,35). The van der Waals surface area contributed by atoms with Crippen molar-refractivity contribution in [1.29, 1.82) is 5.26 Å². The van der Waals surface area contributed by atoms with Crippen LogP contribution in [0, 0.1) is 25.2 Å². The van der Waals surface area contributed by atoms with E-state index in [1.54, 1.807) is 0 Å². The average Bonchev–Trinajstić information content (AvgIpc) is 2.84. The molecule has 7 heteroatoms. The molecule has 3 aromatic rings. The Hall–Kier alpha value is -3.37. The van der Waals surface area contributed by atoms with E-state index in [0.29, 0.717) is 35.6 Å². The second kappa shape index (κ2) is 10.5. The smallest absolute Gasteiger partial charge is 0.253 e. The number of piperidine rings is 1. The lowest BCUT2D eigenvalue weighted by Gasteiger charge is -2.41. The van der Waals surface area contributed by atoms with Gasteiger partial charge in [0.15, 0.2) is 0 Å². The van der Waals surface area contributed by atoms with Crippen LogP contribution < -0.4 is 15.8 Å². The summed E-state index contributed by atoms with van der Waals surface area (Å²) in [6, 6.07) is 11.3. The molecule has 1 aromatic carbocycles. The summed E-state index contributed by atoms with van der Waals surface area (Å²) in [6.07, 6.45) is 4.02. The average molecular weight is 473 g/mol. The van der Waals surface area contributed by atoms with E-state index in [4.69, 9.17) is 0 Å². The van der Waals surface area contributed by atoms with Crippen molar-refractivity contribution in [2.45, 2.75) is 66.1 Å². The number of benzene rings is 1. The zero-order chi connectivity index (χ0) is 25.1. The normalized spacial score (nSPS) is 14.9. The number of hydrogen-bond donors (Lipinski definition) is 2. The predicted octanol–water partition coefficient (Wildman–Crippen LogP) is 4.72. The molecule has 0 amide bonds. The van der Waals surface area contributed by atoms with Gasteiger partial charge in [-0.2, -0.15) is 5.26 Å². The number of aromatic amines is 1. The molecule has 0 saturated carbocycles. The molecule has 2 aromatic heterocycles. The molecule has 0 bridgehead atoms. The zero-order valence-corrected chi connectivity index (χ0v) is 21.5. The number of pyridine rings is 2. The molecule has 35 heavy (non-hydrogen) atoms. The second-order valence-corrected chi connectivity index (χ2v) is 9.81. The fourth-order valence-electron chi connectivity index (χ4n) is 5.32. The van der Waals surface area contributed by atoms with Crippen molar-refractivity contribution >= 4 is 22.3 Å². The highest BCUT2D eigenvalue weighted by Crippen LogP contribution is 2.35. The Morgan fingerprint density at radius 1 is 1.23 bits per heavy atom. The topological polar surface area (TPSA) is 88.0 Å². The van der Waals surface area contributed by atoms with Crippen LogP contribution in [0.1, 0.15) is 56.0 Å². The van der Waals surface area contributed by atoms with Gasteiger partial charge in [-0.1, -0.05) is 0 Å². The van der Waals surface area contributed by atoms with E-state index in [2.05, 4.69) is 51.9 Å². The van der Waals surface area contributed by atoms with Crippen molar-refractivity contribution in [3.63, 3.8) is 0 Å². The number of nitrogens with one attached hydrogen (secondary N) is 2. The van der Waals surface area contributed by atoms with Crippen molar-refractivity contribution < 1.29 is 0 Å². The van der Waals surface area contributed by atoms with Crippen molar-refractivity contribution in [3.8, 4) is 6.07 Å². The Balaban J connectivity index is 1.69. The summed E-state index contributed by atoms with van der Waals surface area (Å²) in [5, 5.41) is 15.2. The lowest BCUT2D eigenvalue weighted by atomic mass is 9.98. The highest BCUT2D eigenvalue weighted by molar-refractivity contribution is 6.01. The number of aryl methyl sites for hydroxylation is 2. The van der Waals surface area contributed by atoms with Crippen molar-refractivity contribution in [2.24, 2.45) is 0 Å². The van der Waals surface area contributed by atoms with E-state index >= 15 is 0 Å². The van der Waals surface area contributed by atoms with E-state index in [1.165, 1.54) is 0 Å². The fourth-order valence-corrected chi connectivity index (χ4v) is 5.32. The number of fused-ring (bicyclic) bond motifs is 1. The van der Waals surface area contributed by atoms with Gasteiger partial charge in [0.1, 0.15) is 5.82 Å². The summed E-state index contributed by atoms with van der Waals surface area (Å²) < 4.78 is 0. The highest BCUT2D eigenvalue weighted by atomic mass is 16.1. The number of aromatic nitrogens is 2. The van der Waals surface area contributed by atoms with E-state index in [-0.39, 0.29) is 5.56 Å². The Morgan fingerprint density at radius 2 is 1.97 bits per heavy atom. The van der Waals surface area contributed by atoms with Crippen LogP contribution in [0.2, 0.25) is 0 Å².